The van der Waals surface area contributed by atoms with Crippen molar-refractivity contribution in [3.63, 3.8) is 0 Å². The summed E-state index contributed by atoms with van der Waals surface area (Å²) in [6.07, 6.45) is 3.53. The van der Waals surface area contributed by atoms with E-state index in [-0.39, 0.29) is 23.7 Å². The van der Waals surface area contributed by atoms with Crippen LogP contribution in [0.5, 0.6) is 0 Å². The first-order valence-corrected chi connectivity index (χ1v) is 7.08. The van der Waals surface area contributed by atoms with Gasteiger partial charge in [-0.05, 0) is 18.9 Å². The number of amides is 1. The molecule has 0 fully saturated rings. The van der Waals surface area contributed by atoms with Crippen molar-refractivity contribution >= 4 is 34.4 Å². The minimum Gasteiger partial charge on any atom is -0.481 e. The number of unbranched alkanes of at least 4 members (excludes halogenated alkanes) is 2. The second-order valence-corrected chi connectivity index (χ2v) is 5.27. The van der Waals surface area contributed by atoms with Gasteiger partial charge in [-0.25, -0.2) is 5.43 Å². The number of aliphatic carboxylic acids is 1. The molecule has 1 heterocycles. The second kappa shape index (κ2) is 8.80. The summed E-state index contributed by atoms with van der Waals surface area (Å²) >= 11 is 0.965. The molecule has 0 aromatic carbocycles. The van der Waals surface area contributed by atoms with E-state index in [0.29, 0.717) is 24.1 Å². The quantitative estimate of drug-likeness (QED) is 0.313. The number of carboxylic acid groups (broad SMARTS) is 1. The minimum absolute atomic E-state index is 0.0150. The fourth-order valence-corrected chi connectivity index (χ4v) is 2.17. The Morgan fingerprint density at radius 2 is 2.05 bits per heavy atom. The summed E-state index contributed by atoms with van der Waals surface area (Å²) < 4.78 is 0. The molecule has 0 unspecified atom stereocenters. The predicted molar refractivity (Wildman–Crippen MR) is 77.4 cm³/mol. The van der Waals surface area contributed by atoms with E-state index >= 15 is 0 Å². The first kappa shape index (κ1) is 16.8. The zero-order chi connectivity index (χ0) is 15.7. The Hall–Kier alpha value is -2.29. The van der Waals surface area contributed by atoms with E-state index in [1.165, 1.54) is 12.3 Å². The van der Waals surface area contributed by atoms with Gasteiger partial charge < -0.3 is 5.11 Å². The van der Waals surface area contributed by atoms with Crippen molar-refractivity contribution in [3.05, 3.63) is 27.1 Å². The molecule has 1 amide bonds. The normalized spacial score (nSPS) is 10.7. The van der Waals surface area contributed by atoms with Gasteiger partial charge in [0.25, 0.3) is 0 Å². The Morgan fingerprint density at radius 1 is 1.33 bits per heavy atom. The first-order chi connectivity index (χ1) is 9.99. The van der Waals surface area contributed by atoms with Crippen LogP contribution in [0.25, 0.3) is 0 Å². The van der Waals surface area contributed by atoms with Gasteiger partial charge in [0.15, 0.2) is 0 Å². The maximum Gasteiger partial charge on any atom is 0.324 e. The molecule has 0 bridgehead atoms. The van der Waals surface area contributed by atoms with Crippen LogP contribution in [0, 0.1) is 10.1 Å². The van der Waals surface area contributed by atoms with Crippen LogP contribution in [0.15, 0.2) is 17.2 Å². The molecule has 8 nitrogen and oxygen atoms in total. The number of hydrogen-bond donors (Lipinski definition) is 2. The van der Waals surface area contributed by atoms with Crippen LogP contribution in [-0.4, -0.2) is 28.1 Å². The maximum atomic E-state index is 11.4. The van der Waals surface area contributed by atoms with Crippen LogP contribution >= 0.6 is 11.3 Å². The van der Waals surface area contributed by atoms with Gasteiger partial charge in [0.05, 0.1) is 16.0 Å². The summed E-state index contributed by atoms with van der Waals surface area (Å²) in [7, 11) is 0. The lowest BCUT2D eigenvalue weighted by molar-refractivity contribution is -0.380. The Morgan fingerprint density at radius 3 is 2.67 bits per heavy atom. The van der Waals surface area contributed by atoms with Gasteiger partial charge in [0, 0.05) is 18.9 Å². The van der Waals surface area contributed by atoms with Gasteiger partial charge in [0.2, 0.25) is 5.91 Å². The van der Waals surface area contributed by atoms with Gasteiger partial charge in [0.1, 0.15) is 0 Å². The summed E-state index contributed by atoms with van der Waals surface area (Å²) in [6.45, 7) is 0. The SMILES string of the molecule is O=C(O)CCCCCC(=O)N/N=C/c1ccc([N+](=O)[O-])s1. The Balaban J connectivity index is 2.21. The van der Waals surface area contributed by atoms with Crippen molar-refractivity contribution in [2.75, 3.05) is 0 Å². The Labute approximate surface area is 124 Å². The summed E-state index contributed by atoms with van der Waals surface area (Å²) in [6, 6.07) is 2.92. The van der Waals surface area contributed by atoms with Gasteiger partial charge in [-0.1, -0.05) is 17.8 Å². The summed E-state index contributed by atoms with van der Waals surface area (Å²) in [5.41, 5.74) is 2.32. The van der Waals surface area contributed by atoms with E-state index in [9.17, 15) is 19.7 Å². The number of nitrogens with zero attached hydrogens (tertiary/aromatic N) is 2. The smallest absolute Gasteiger partial charge is 0.324 e. The Bertz CT molecular complexity index is 541. The molecule has 0 aliphatic carbocycles. The number of hydrazone groups is 1. The van der Waals surface area contributed by atoms with Crippen LogP contribution in [0.2, 0.25) is 0 Å². The number of hydrogen-bond acceptors (Lipinski definition) is 6. The molecule has 1 rings (SSSR count). The topological polar surface area (TPSA) is 122 Å². The number of carbonyl (C=O) groups excluding carboxylic acids is 1. The van der Waals surface area contributed by atoms with Crippen molar-refractivity contribution in [1.29, 1.82) is 0 Å². The molecule has 0 spiro atoms. The van der Waals surface area contributed by atoms with Crippen molar-refractivity contribution in [2.45, 2.75) is 32.1 Å². The molecular formula is C12H15N3O5S. The standard InChI is InChI=1S/C12H15N3O5S/c16-10(4-2-1-3-5-12(17)18)14-13-8-9-6-7-11(21-9)15(19)20/h6-8H,1-5H2,(H,14,16)(H,17,18)/b13-8+. The van der Waals surface area contributed by atoms with Crippen LogP contribution in [0.4, 0.5) is 5.00 Å². The molecular weight excluding hydrogens is 298 g/mol. The molecule has 0 radical (unpaired) electrons. The fraction of sp³-hybridized carbons (Fsp3) is 0.417. The monoisotopic (exact) mass is 313 g/mol. The van der Waals surface area contributed by atoms with E-state index in [0.717, 1.165) is 11.3 Å². The van der Waals surface area contributed by atoms with Crippen LogP contribution in [0.1, 0.15) is 37.0 Å². The van der Waals surface area contributed by atoms with Gasteiger partial charge in [-0.15, -0.1) is 0 Å². The maximum absolute atomic E-state index is 11.4. The van der Waals surface area contributed by atoms with Gasteiger partial charge in [-0.2, -0.15) is 5.10 Å². The zero-order valence-corrected chi connectivity index (χ0v) is 12.0. The third kappa shape index (κ3) is 7.16. The van der Waals surface area contributed by atoms with E-state index in [2.05, 4.69) is 10.5 Å². The molecule has 0 aliphatic rings. The Kier molecular flexibility index (Phi) is 7.02. The first-order valence-electron chi connectivity index (χ1n) is 6.27. The minimum atomic E-state index is -0.839. The molecule has 1 aromatic rings. The molecule has 2 N–H and O–H groups in total. The summed E-state index contributed by atoms with van der Waals surface area (Å²) in [5.74, 6) is -1.11. The second-order valence-electron chi connectivity index (χ2n) is 4.18. The molecule has 1 aromatic heterocycles. The highest BCUT2D eigenvalue weighted by atomic mass is 32.1. The number of nitrogens with one attached hydrogen (secondary N) is 1. The van der Waals surface area contributed by atoms with Crippen LogP contribution in [-0.2, 0) is 9.59 Å². The lowest BCUT2D eigenvalue weighted by Crippen LogP contribution is -2.16. The highest BCUT2D eigenvalue weighted by Crippen LogP contribution is 2.22. The predicted octanol–water partition coefficient (Wildman–Crippen LogP) is 2.14. The van der Waals surface area contributed by atoms with E-state index in [4.69, 9.17) is 5.11 Å². The lowest BCUT2D eigenvalue weighted by Gasteiger charge is -1.99. The number of thiophene rings is 1. The van der Waals surface area contributed by atoms with Crippen molar-refractivity contribution < 1.29 is 19.6 Å². The van der Waals surface area contributed by atoms with Crippen molar-refractivity contribution in [1.82, 2.24) is 5.43 Å². The number of carboxylic acids is 1. The van der Waals surface area contributed by atoms with Gasteiger partial charge >= 0.3 is 11.0 Å². The fourth-order valence-electron chi connectivity index (χ4n) is 1.47. The van der Waals surface area contributed by atoms with Crippen molar-refractivity contribution in [3.8, 4) is 0 Å². The third-order valence-electron chi connectivity index (χ3n) is 2.47. The number of nitro groups is 1. The summed E-state index contributed by atoms with van der Waals surface area (Å²) in [5, 5.41) is 22.6. The molecule has 0 saturated heterocycles. The van der Waals surface area contributed by atoms with E-state index < -0.39 is 10.9 Å². The van der Waals surface area contributed by atoms with Crippen molar-refractivity contribution in [2.24, 2.45) is 5.10 Å². The lowest BCUT2D eigenvalue weighted by atomic mass is 10.1. The molecule has 0 aliphatic heterocycles. The third-order valence-corrected chi connectivity index (χ3v) is 3.44. The van der Waals surface area contributed by atoms with Crippen LogP contribution in [0.3, 0.4) is 0 Å². The summed E-state index contributed by atoms with van der Waals surface area (Å²) in [4.78, 5) is 32.2. The molecule has 0 saturated carbocycles. The highest BCUT2D eigenvalue weighted by Gasteiger charge is 2.08. The largest absolute Gasteiger partial charge is 0.481 e. The van der Waals surface area contributed by atoms with Gasteiger partial charge in [-0.3, -0.25) is 19.7 Å². The number of carbonyl (C=O) groups is 2. The zero-order valence-electron chi connectivity index (χ0n) is 11.2. The van der Waals surface area contributed by atoms with E-state index in [1.807, 2.05) is 0 Å². The highest BCUT2D eigenvalue weighted by molar-refractivity contribution is 7.16. The number of rotatable bonds is 9. The molecule has 0 atom stereocenters. The van der Waals surface area contributed by atoms with Crippen LogP contribution < -0.4 is 5.43 Å². The van der Waals surface area contributed by atoms with E-state index in [1.54, 1.807) is 6.07 Å². The average molecular weight is 313 g/mol. The molecule has 21 heavy (non-hydrogen) atoms. The molecule has 9 heteroatoms. The average Bonchev–Trinajstić information content (AvgIpc) is 2.87. The molecule has 114 valence electrons.